The summed E-state index contributed by atoms with van der Waals surface area (Å²) in [4.78, 5) is 0. The molecule has 1 atom stereocenters. The van der Waals surface area contributed by atoms with Crippen LogP contribution >= 0.6 is 9.47 Å². The van der Waals surface area contributed by atoms with Gasteiger partial charge in [0.25, 0.3) is 0 Å². The lowest BCUT2D eigenvalue weighted by Crippen LogP contribution is -2.59. The summed E-state index contributed by atoms with van der Waals surface area (Å²) in [6.45, 7) is 0. The Labute approximate surface area is 38.7 Å². The molecule has 0 aromatic heterocycles. The molecule has 0 saturated carbocycles. The van der Waals surface area contributed by atoms with Crippen molar-refractivity contribution >= 4 is 9.47 Å². The summed E-state index contributed by atoms with van der Waals surface area (Å²) in [6.07, 6.45) is 0. The molecule has 1 unspecified atom stereocenters. The number of hydrogen-bond acceptors (Lipinski definition) is 4. The van der Waals surface area contributed by atoms with E-state index in [9.17, 15) is 14.0 Å². The van der Waals surface area contributed by atoms with Gasteiger partial charge in [0.1, 0.15) is 0 Å². The van der Waals surface area contributed by atoms with Gasteiger partial charge in [-0.2, -0.15) is 14.0 Å². The van der Waals surface area contributed by atoms with Crippen molar-refractivity contribution in [1.29, 1.82) is 0 Å². The predicted molar refractivity (Wildman–Crippen MR) is 10.8 cm³/mol. The Kier molecular flexibility index (Phi) is 2.21. The van der Waals surface area contributed by atoms with Crippen molar-refractivity contribution in [2.45, 2.75) is 0 Å². The van der Waals surface area contributed by atoms with Gasteiger partial charge in [0, 0.05) is 0 Å². The number of halogens is 1. The molecule has 0 rings (SSSR count). The molecule has 6 heteroatoms. The van der Waals surface area contributed by atoms with E-state index in [0.29, 0.717) is 0 Å². The Bertz CT molecular complexity index is 37.3. The van der Waals surface area contributed by atoms with E-state index in [1.54, 1.807) is 0 Å². The highest BCUT2D eigenvalue weighted by atomic mass is 35.7. The van der Waals surface area contributed by atoms with Crippen LogP contribution in [-0.4, -0.2) is 0 Å². The van der Waals surface area contributed by atoms with E-state index < -0.39 is 10.2 Å². The maximum absolute atomic E-state index is 9.17. The second kappa shape index (κ2) is 2.02. The van der Waals surface area contributed by atoms with Crippen molar-refractivity contribution in [2.75, 3.05) is 0 Å². The van der Waals surface area contributed by atoms with E-state index >= 15 is 0 Å². The minimum absolute atomic E-state index is 1.31. The zero-order valence-corrected chi connectivity index (χ0v) is 4.50. The van der Waals surface area contributed by atoms with Crippen LogP contribution < -0.4 is 14.0 Å². The lowest BCUT2D eigenvalue weighted by Gasteiger charge is -2.08. The SMILES string of the molecule is [O-][Cl+3]([O-])([O-])OP. The monoisotopic (exact) mass is 132 g/mol. The highest BCUT2D eigenvalue weighted by Gasteiger charge is 2.08. The van der Waals surface area contributed by atoms with Crippen LogP contribution in [0.4, 0.5) is 0 Å². The van der Waals surface area contributed by atoms with Gasteiger partial charge in [0.2, 0.25) is 0 Å². The van der Waals surface area contributed by atoms with Crippen LogP contribution in [0.25, 0.3) is 0 Å². The van der Waals surface area contributed by atoms with Crippen molar-refractivity contribution in [2.24, 2.45) is 0 Å². The number of hydrogen-bond donors (Lipinski definition) is 0. The van der Waals surface area contributed by atoms with Crippen molar-refractivity contribution in [3.63, 3.8) is 0 Å². The van der Waals surface area contributed by atoms with Crippen molar-refractivity contribution in [1.82, 2.24) is 0 Å². The van der Waals surface area contributed by atoms with E-state index in [1.165, 1.54) is 9.47 Å². The molecule has 0 bridgehead atoms. The highest BCUT2D eigenvalue weighted by Crippen LogP contribution is 1.92. The van der Waals surface area contributed by atoms with E-state index in [-0.39, 0.29) is 0 Å². The molecule has 0 saturated heterocycles. The zero-order valence-electron chi connectivity index (χ0n) is 2.59. The van der Waals surface area contributed by atoms with Crippen molar-refractivity contribution in [3.05, 3.63) is 0 Å². The Morgan fingerprint density at radius 1 is 1.33 bits per heavy atom. The molecule has 0 N–H and O–H groups in total. The fraction of sp³-hybridized carbons (Fsp3) is 0. The van der Waals surface area contributed by atoms with Crippen LogP contribution in [0.3, 0.4) is 0 Å². The van der Waals surface area contributed by atoms with Gasteiger partial charge in [0.05, 0.1) is 14.3 Å². The van der Waals surface area contributed by atoms with Crippen LogP contribution in [0.2, 0.25) is 0 Å². The average Bonchev–Trinajstić information content (AvgIpc) is 1.35. The normalized spacial score (nSPS) is 12.0. The number of rotatable bonds is 1. The third-order valence-corrected chi connectivity index (χ3v) is 0.982. The molecule has 0 aromatic carbocycles. The zero-order chi connectivity index (χ0) is 5.21. The first-order valence-corrected chi connectivity index (χ1v) is 2.56. The van der Waals surface area contributed by atoms with Crippen LogP contribution in [-0.2, 0) is 4.08 Å². The molecule has 38 valence electrons. The molecule has 0 aliphatic carbocycles. The topological polar surface area (TPSA) is 78.4 Å². The summed E-state index contributed by atoms with van der Waals surface area (Å²) < 4.78 is 30.8. The van der Waals surface area contributed by atoms with E-state index in [4.69, 9.17) is 0 Å². The Balaban J connectivity index is 3.17. The van der Waals surface area contributed by atoms with Crippen LogP contribution in [0, 0.1) is 10.2 Å². The maximum Gasteiger partial charge on any atom is 0.187 e. The average molecular weight is 132 g/mol. The smallest absolute Gasteiger partial charge is 0.183 e. The largest absolute Gasteiger partial charge is 0.187 e. The molecule has 0 heterocycles. The standard InChI is InChI=1S/ClH2O4P/c2-1(3,4)5-6/h6H2. The molecule has 6 heavy (non-hydrogen) atoms. The van der Waals surface area contributed by atoms with Gasteiger partial charge in [-0.05, 0) is 0 Å². The van der Waals surface area contributed by atoms with E-state index in [0.717, 1.165) is 0 Å². The van der Waals surface area contributed by atoms with Gasteiger partial charge in [-0.15, -0.1) is 0 Å². The second-order valence-electron chi connectivity index (χ2n) is 0.467. The quantitative estimate of drug-likeness (QED) is 0.350. The van der Waals surface area contributed by atoms with Crippen LogP contribution in [0.5, 0.6) is 0 Å². The van der Waals surface area contributed by atoms with Gasteiger partial charge in [-0.3, -0.25) is 0 Å². The third kappa shape index (κ3) is 4.56. The summed E-state index contributed by atoms with van der Waals surface area (Å²) in [5.74, 6) is 0. The Hall–Kier alpha value is 0.560. The Morgan fingerprint density at radius 3 is 1.50 bits per heavy atom. The Morgan fingerprint density at radius 2 is 1.50 bits per heavy atom. The molecular weight excluding hydrogens is 130 g/mol. The van der Waals surface area contributed by atoms with E-state index in [1.807, 2.05) is 0 Å². The summed E-state index contributed by atoms with van der Waals surface area (Å²) in [5, 5.41) is 0. The summed E-state index contributed by atoms with van der Waals surface area (Å²) >= 11 is 0. The third-order valence-electron chi connectivity index (χ3n) is 0.109. The first kappa shape index (κ1) is 6.56. The van der Waals surface area contributed by atoms with Crippen LogP contribution in [0.1, 0.15) is 0 Å². The lowest BCUT2D eigenvalue weighted by atomic mass is 15.8. The maximum atomic E-state index is 9.17. The van der Waals surface area contributed by atoms with Gasteiger partial charge >= 0.3 is 0 Å². The summed E-state index contributed by atoms with van der Waals surface area (Å²) in [7, 11) is -2.90. The minimum Gasteiger partial charge on any atom is -0.183 e. The fourth-order valence-corrected chi connectivity index (χ4v) is 0. The first-order valence-electron chi connectivity index (χ1n) is 0.853. The van der Waals surface area contributed by atoms with E-state index in [2.05, 4.69) is 4.08 Å². The summed E-state index contributed by atoms with van der Waals surface area (Å²) in [5.41, 5.74) is 0. The molecule has 0 radical (unpaired) electrons. The molecule has 0 fully saturated rings. The second-order valence-corrected chi connectivity index (χ2v) is 1.94. The van der Waals surface area contributed by atoms with Crippen LogP contribution in [0.15, 0.2) is 0 Å². The molecule has 0 aliphatic rings. The van der Waals surface area contributed by atoms with Gasteiger partial charge < -0.3 is 0 Å². The van der Waals surface area contributed by atoms with Crippen molar-refractivity contribution in [3.8, 4) is 0 Å². The molecule has 4 nitrogen and oxygen atoms in total. The van der Waals surface area contributed by atoms with Gasteiger partial charge in [-0.1, -0.05) is 0 Å². The fourth-order valence-electron chi connectivity index (χ4n) is 0. The molecule has 0 aromatic rings. The van der Waals surface area contributed by atoms with Gasteiger partial charge in [-0.25, -0.2) is 0 Å². The predicted octanol–water partition coefficient (Wildman–Crippen LogP) is -3.31. The van der Waals surface area contributed by atoms with Crippen molar-refractivity contribution < 1.29 is 28.3 Å². The molecule has 0 spiro atoms. The first-order chi connectivity index (χ1) is 2.56. The van der Waals surface area contributed by atoms with Gasteiger partial charge in [0.15, 0.2) is 9.47 Å². The minimum atomic E-state index is -4.21. The summed E-state index contributed by atoms with van der Waals surface area (Å²) in [6, 6.07) is 0. The molecular formula is H2ClO4P. The lowest BCUT2D eigenvalue weighted by molar-refractivity contribution is -1.91. The highest BCUT2D eigenvalue weighted by molar-refractivity contribution is 7.09. The molecule has 0 aliphatic heterocycles. The molecule has 0 amide bonds.